The van der Waals surface area contributed by atoms with Gasteiger partial charge in [-0.05, 0) is 30.3 Å². The number of carbonyl (C=O) groups excluding carboxylic acids is 2. The van der Waals surface area contributed by atoms with Crippen LogP contribution < -0.4 is 14.8 Å². The molecule has 0 saturated carbocycles. The second kappa shape index (κ2) is 7.74. The topological polar surface area (TPSA) is 77.1 Å². The Morgan fingerprint density at radius 2 is 1.96 bits per heavy atom. The van der Waals surface area contributed by atoms with Gasteiger partial charge in [-0.3, -0.25) is 9.59 Å². The lowest BCUT2D eigenvalue weighted by atomic mass is 10.1. The highest BCUT2D eigenvalue weighted by Gasteiger charge is 2.25. The van der Waals surface area contributed by atoms with E-state index in [9.17, 15) is 9.59 Å². The molecule has 0 radical (unpaired) electrons. The van der Waals surface area contributed by atoms with Crippen LogP contribution in [0, 0.1) is 0 Å². The Morgan fingerprint density at radius 1 is 1.18 bits per heavy atom. The molecule has 0 unspecified atom stereocenters. The minimum Gasteiger partial charge on any atom is -0.496 e. The van der Waals surface area contributed by atoms with Crippen LogP contribution in [0.15, 0.2) is 48.2 Å². The van der Waals surface area contributed by atoms with E-state index in [1.165, 1.54) is 0 Å². The standard InChI is InChI=1S/C21H20N2O5/c1-26-17-5-3-2-4-14(17)13-19-20(24)22-16-12-15(6-7-18(16)28-19)21(25)23-8-10-27-11-9-23/h2-7,12-13H,8-11H2,1H3,(H,22,24). The summed E-state index contributed by atoms with van der Waals surface area (Å²) in [4.78, 5) is 26.9. The smallest absolute Gasteiger partial charge is 0.291 e. The van der Waals surface area contributed by atoms with E-state index < -0.39 is 0 Å². The highest BCUT2D eigenvalue weighted by atomic mass is 16.5. The van der Waals surface area contributed by atoms with Gasteiger partial charge in [0.1, 0.15) is 5.75 Å². The number of methoxy groups -OCH3 is 1. The minimum atomic E-state index is -0.380. The van der Waals surface area contributed by atoms with Gasteiger partial charge in [0.25, 0.3) is 11.8 Å². The van der Waals surface area contributed by atoms with Crippen molar-refractivity contribution in [1.82, 2.24) is 4.90 Å². The molecule has 1 saturated heterocycles. The van der Waals surface area contributed by atoms with E-state index in [1.807, 2.05) is 24.3 Å². The number of carbonyl (C=O) groups is 2. The van der Waals surface area contributed by atoms with E-state index in [0.717, 1.165) is 5.56 Å². The van der Waals surface area contributed by atoms with Crippen molar-refractivity contribution in [3.05, 3.63) is 59.4 Å². The molecule has 7 heteroatoms. The number of nitrogens with zero attached hydrogens (tertiary/aromatic N) is 1. The molecule has 1 N–H and O–H groups in total. The molecule has 2 aliphatic heterocycles. The van der Waals surface area contributed by atoms with Crippen molar-refractivity contribution in [1.29, 1.82) is 0 Å². The highest BCUT2D eigenvalue weighted by molar-refractivity contribution is 6.09. The summed E-state index contributed by atoms with van der Waals surface area (Å²) in [6.45, 7) is 2.19. The van der Waals surface area contributed by atoms with Crippen LogP contribution >= 0.6 is 0 Å². The number of anilines is 1. The normalized spacial score (nSPS) is 17.5. The van der Waals surface area contributed by atoms with Crippen molar-refractivity contribution in [3.8, 4) is 11.5 Å². The molecular formula is C21H20N2O5. The monoisotopic (exact) mass is 380 g/mol. The Bertz CT molecular complexity index is 948. The minimum absolute atomic E-state index is 0.0873. The van der Waals surface area contributed by atoms with Crippen molar-refractivity contribution < 1.29 is 23.8 Å². The van der Waals surface area contributed by atoms with Gasteiger partial charge in [0.15, 0.2) is 11.5 Å². The average molecular weight is 380 g/mol. The molecule has 144 valence electrons. The molecule has 1 fully saturated rings. The van der Waals surface area contributed by atoms with Crippen molar-refractivity contribution in [2.45, 2.75) is 0 Å². The first-order valence-corrected chi connectivity index (χ1v) is 9.01. The Morgan fingerprint density at radius 3 is 2.75 bits per heavy atom. The first-order chi connectivity index (χ1) is 13.7. The Hall–Kier alpha value is -3.32. The van der Waals surface area contributed by atoms with Crippen molar-refractivity contribution in [2.75, 3.05) is 38.7 Å². The van der Waals surface area contributed by atoms with Gasteiger partial charge in [-0.25, -0.2) is 0 Å². The largest absolute Gasteiger partial charge is 0.496 e. The fourth-order valence-corrected chi connectivity index (χ4v) is 3.17. The van der Waals surface area contributed by atoms with Crippen LogP contribution in [0.4, 0.5) is 5.69 Å². The second-order valence-electron chi connectivity index (χ2n) is 6.42. The van der Waals surface area contributed by atoms with Crippen LogP contribution in [0.1, 0.15) is 15.9 Å². The van der Waals surface area contributed by atoms with Crippen LogP contribution in [0.2, 0.25) is 0 Å². The summed E-state index contributed by atoms with van der Waals surface area (Å²) in [5.41, 5.74) is 1.71. The second-order valence-corrected chi connectivity index (χ2v) is 6.42. The SMILES string of the molecule is COc1ccccc1C=C1Oc2ccc(C(=O)N3CCOCC3)cc2NC1=O. The molecule has 0 aliphatic carbocycles. The third-order valence-electron chi connectivity index (χ3n) is 4.64. The number of amides is 2. The summed E-state index contributed by atoms with van der Waals surface area (Å²) in [6, 6.07) is 12.4. The van der Waals surface area contributed by atoms with Crippen LogP contribution in [-0.2, 0) is 9.53 Å². The van der Waals surface area contributed by atoms with E-state index in [4.69, 9.17) is 14.2 Å². The number of para-hydroxylation sites is 1. The van der Waals surface area contributed by atoms with Crippen LogP contribution in [0.25, 0.3) is 6.08 Å². The Kier molecular flexibility index (Phi) is 4.99. The lowest BCUT2D eigenvalue weighted by Gasteiger charge is -2.27. The highest BCUT2D eigenvalue weighted by Crippen LogP contribution is 2.33. The van der Waals surface area contributed by atoms with Gasteiger partial charge in [0.05, 0.1) is 26.0 Å². The first-order valence-electron chi connectivity index (χ1n) is 9.01. The van der Waals surface area contributed by atoms with Crippen LogP contribution in [0.3, 0.4) is 0 Å². The number of nitrogens with one attached hydrogen (secondary N) is 1. The number of benzene rings is 2. The number of ether oxygens (including phenoxy) is 3. The van der Waals surface area contributed by atoms with Gasteiger partial charge < -0.3 is 24.4 Å². The van der Waals surface area contributed by atoms with Gasteiger partial charge in [-0.15, -0.1) is 0 Å². The van der Waals surface area contributed by atoms with Crippen molar-refractivity contribution >= 4 is 23.6 Å². The Labute approximate surface area is 162 Å². The molecule has 0 atom stereocenters. The summed E-state index contributed by atoms with van der Waals surface area (Å²) in [5.74, 6) is 0.817. The van der Waals surface area contributed by atoms with E-state index in [0.29, 0.717) is 49.1 Å². The molecule has 2 aromatic carbocycles. The number of morpholine rings is 1. The third-order valence-corrected chi connectivity index (χ3v) is 4.64. The maximum atomic E-state index is 12.6. The first kappa shape index (κ1) is 18.1. The lowest BCUT2D eigenvalue weighted by Crippen LogP contribution is -2.40. The molecule has 2 amide bonds. The summed E-state index contributed by atoms with van der Waals surface area (Å²) >= 11 is 0. The van der Waals surface area contributed by atoms with Crippen LogP contribution in [-0.4, -0.2) is 50.1 Å². The van der Waals surface area contributed by atoms with Gasteiger partial charge in [0.2, 0.25) is 0 Å². The molecule has 4 rings (SSSR count). The molecule has 2 aliphatic rings. The maximum absolute atomic E-state index is 12.6. The predicted molar refractivity (Wildman–Crippen MR) is 103 cm³/mol. The quantitative estimate of drug-likeness (QED) is 0.828. The van der Waals surface area contributed by atoms with E-state index >= 15 is 0 Å². The van der Waals surface area contributed by atoms with Crippen molar-refractivity contribution in [3.63, 3.8) is 0 Å². The summed E-state index contributed by atoms with van der Waals surface area (Å²) < 4.78 is 16.4. The molecule has 0 spiro atoms. The zero-order chi connectivity index (χ0) is 19.5. The number of rotatable bonds is 3. The summed E-state index contributed by atoms with van der Waals surface area (Å²) in [7, 11) is 1.57. The molecule has 2 aromatic rings. The molecule has 7 nitrogen and oxygen atoms in total. The molecule has 0 aromatic heterocycles. The zero-order valence-electron chi connectivity index (χ0n) is 15.4. The molecule has 2 heterocycles. The number of fused-ring (bicyclic) bond motifs is 1. The van der Waals surface area contributed by atoms with E-state index in [1.54, 1.807) is 36.3 Å². The zero-order valence-corrected chi connectivity index (χ0v) is 15.4. The van der Waals surface area contributed by atoms with E-state index in [2.05, 4.69) is 5.32 Å². The Balaban J connectivity index is 1.58. The average Bonchev–Trinajstić information content (AvgIpc) is 2.74. The number of hydrogen-bond donors (Lipinski definition) is 1. The fraction of sp³-hybridized carbons (Fsp3) is 0.238. The van der Waals surface area contributed by atoms with Gasteiger partial charge in [-0.2, -0.15) is 0 Å². The maximum Gasteiger partial charge on any atom is 0.291 e. The lowest BCUT2D eigenvalue weighted by molar-refractivity contribution is -0.115. The summed E-state index contributed by atoms with van der Waals surface area (Å²) in [6.07, 6.45) is 1.63. The molecule has 0 bridgehead atoms. The van der Waals surface area contributed by atoms with Crippen molar-refractivity contribution in [2.24, 2.45) is 0 Å². The molecule has 28 heavy (non-hydrogen) atoms. The van der Waals surface area contributed by atoms with Gasteiger partial charge in [-0.1, -0.05) is 18.2 Å². The molecular weight excluding hydrogens is 360 g/mol. The van der Waals surface area contributed by atoms with Gasteiger partial charge >= 0.3 is 0 Å². The van der Waals surface area contributed by atoms with Crippen LogP contribution in [0.5, 0.6) is 11.5 Å². The van der Waals surface area contributed by atoms with E-state index in [-0.39, 0.29) is 17.6 Å². The van der Waals surface area contributed by atoms with Gasteiger partial charge in [0, 0.05) is 24.2 Å². The summed E-state index contributed by atoms with van der Waals surface area (Å²) in [5, 5.41) is 2.80. The predicted octanol–water partition coefficient (Wildman–Crippen LogP) is 2.54. The number of hydrogen-bond acceptors (Lipinski definition) is 5. The third kappa shape index (κ3) is 3.57. The fourth-order valence-electron chi connectivity index (χ4n) is 3.17.